The molecule has 0 unspecified atom stereocenters. The molecule has 0 saturated carbocycles. The molecule has 0 bridgehead atoms. The minimum Gasteiger partial charge on any atom is -0.507 e. The number of aryl methyl sites for hydroxylation is 1. The zero-order chi connectivity index (χ0) is 25.1. The summed E-state index contributed by atoms with van der Waals surface area (Å²) < 4.78 is 11.2. The second kappa shape index (κ2) is 10.8. The number of carbonyl (C=O) groups is 2. The fraction of sp³-hybridized carbons (Fsp3) is 0.407. The van der Waals surface area contributed by atoms with E-state index in [0.29, 0.717) is 48.2 Å². The van der Waals surface area contributed by atoms with Crippen LogP contribution >= 0.6 is 11.6 Å². The molecule has 0 spiro atoms. The van der Waals surface area contributed by atoms with Crippen LogP contribution in [0, 0.1) is 6.92 Å². The average Bonchev–Trinajstić information content (AvgIpc) is 3.09. The van der Waals surface area contributed by atoms with Gasteiger partial charge in [0, 0.05) is 36.8 Å². The number of Topliss-reactive ketones (excluding diaryl/α,β-unsaturated/α-hetero) is 1. The van der Waals surface area contributed by atoms with Crippen LogP contribution in [0.3, 0.4) is 0 Å². The maximum absolute atomic E-state index is 13.2. The van der Waals surface area contributed by atoms with Crippen LogP contribution in [0.4, 0.5) is 0 Å². The van der Waals surface area contributed by atoms with Crippen molar-refractivity contribution in [1.29, 1.82) is 0 Å². The number of amides is 1. The van der Waals surface area contributed by atoms with Gasteiger partial charge in [0.25, 0.3) is 11.7 Å². The van der Waals surface area contributed by atoms with Gasteiger partial charge >= 0.3 is 0 Å². The summed E-state index contributed by atoms with van der Waals surface area (Å²) in [5.41, 5.74) is 2.08. The highest BCUT2D eigenvalue weighted by molar-refractivity contribution is 6.46. The van der Waals surface area contributed by atoms with Crippen LogP contribution in [0.5, 0.6) is 5.75 Å². The first-order valence-corrected chi connectivity index (χ1v) is 12.3. The van der Waals surface area contributed by atoms with Crippen molar-refractivity contribution in [2.75, 3.05) is 39.4 Å². The van der Waals surface area contributed by atoms with E-state index in [0.717, 1.165) is 18.7 Å². The van der Waals surface area contributed by atoms with Crippen molar-refractivity contribution in [1.82, 2.24) is 9.80 Å². The second-order valence-corrected chi connectivity index (χ2v) is 9.58. The number of aliphatic hydroxyl groups excluding tert-OH is 1. The number of rotatable bonds is 7. The number of nitrogens with zero attached hydrogens (tertiary/aromatic N) is 2. The first-order valence-electron chi connectivity index (χ1n) is 11.9. The number of hydrogen-bond acceptors (Lipinski definition) is 6. The third-order valence-electron chi connectivity index (χ3n) is 6.30. The van der Waals surface area contributed by atoms with Crippen LogP contribution in [-0.2, 0) is 14.3 Å². The molecule has 1 atom stereocenters. The Hall–Kier alpha value is -2.87. The molecule has 35 heavy (non-hydrogen) atoms. The molecule has 7 nitrogen and oxygen atoms in total. The van der Waals surface area contributed by atoms with E-state index in [9.17, 15) is 14.7 Å². The summed E-state index contributed by atoms with van der Waals surface area (Å²) in [6.07, 6.45) is 0.00911. The Morgan fingerprint density at radius 1 is 1.11 bits per heavy atom. The highest BCUT2D eigenvalue weighted by atomic mass is 35.5. The Bertz CT molecular complexity index is 1120. The quantitative estimate of drug-likeness (QED) is 0.350. The Labute approximate surface area is 210 Å². The van der Waals surface area contributed by atoms with Gasteiger partial charge in [-0.15, -0.1) is 0 Å². The molecule has 0 radical (unpaired) electrons. The fourth-order valence-corrected chi connectivity index (χ4v) is 4.64. The lowest BCUT2D eigenvalue weighted by atomic mass is 9.95. The summed E-state index contributed by atoms with van der Waals surface area (Å²) in [6, 6.07) is 11.6. The molecule has 2 saturated heterocycles. The molecule has 1 N–H and O–H groups in total. The van der Waals surface area contributed by atoms with Gasteiger partial charge < -0.3 is 19.5 Å². The van der Waals surface area contributed by atoms with E-state index in [1.807, 2.05) is 20.8 Å². The summed E-state index contributed by atoms with van der Waals surface area (Å²) >= 11 is 6.10. The van der Waals surface area contributed by atoms with Crippen LogP contribution in [0.2, 0.25) is 5.02 Å². The molecular weight excluding hydrogens is 468 g/mol. The largest absolute Gasteiger partial charge is 0.507 e. The summed E-state index contributed by atoms with van der Waals surface area (Å²) in [7, 11) is 0. The molecule has 1 amide bonds. The van der Waals surface area contributed by atoms with E-state index in [1.54, 1.807) is 47.4 Å². The maximum Gasteiger partial charge on any atom is 0.295 e. The lowest BCUT2D eigenvalue weighted by Gasteiger charge is -2.31. The predicted molar refractivity (Wildman–Crippen MR) is 135 cm³/mol. The molecule has 2 aliphatic heterocycles. The van der Waals surface area contributed by atoms with Gasteiger partial charge in [-0.3, -0.25) is 14.5 Å². The number of halogens is 1. The summed E-state index contributed by atoms with van der Waals surface area (Å²) in [5, 5.41) is 11.9. The monoisotopic (exact) mass is 498 g/mol. The topological polar surface area (TPSA) is 79.3 Å². The molecule has 186 valence electrons. The fourth-order valence-electron chi connectivity index (χ4n) is 4.51. The van der Waals surface area contributed by atoms with Crippen LogP contribution in [-0.4, -0.2) is 72.1 Å². The minimum absolute atomic E-state index is 0.00911. The Kier molecular flexibility index (Phi) is 7.79. The molecule has 4 rings (SSSR count). The van der Waals surface area contributed by atoms with E-state index in [1.165, 1.54) is 0 Å². The van der Waals surface area contributed by atoms with E-state index < -0.39 is 17.7 Å². The third kappa shape index (κ3) is 5.53. The molecular formula is C27H31ClN2O5. The maximum atomic E-state index is 13.2. The van der Waals surface area contributed by atoms with Crippen LogP contribution in [0.1, 0.15) is 36.6 Å². The summed E-state index contributed by atoms with van der Waals surface area (Å²) in [6.45, 7) is 9.58. The van der Waals surface area contributed by atoms with Crippen molar-refractivity contribution in [2.45, 2.75) is 32.9 Å². The zero-order valence-corrected chi connectivity index (χ0v) is 21.0. The first kappa shape index (κ1) is 25.2. The molecule has 2 aromatic rings. The van der Waals surface area contributed by atoms with Gasteiger partial charge in [-0.05, 0) is 62.2 Å². The SMILES string of the molecule is Cc1cc(/C(O)=C2\C(=O)C(=O)N(CCN3CCOCC3)[C@H]2c2ccc(Cl)cc2)ccc1OC(C)C. The summed E-state index contributed by atoms with van der Waals surface area (Å²) in [5.74, 6) is -0.797. The molecule has 0 aliphatic carbocycles. The molecule has 8 heteroatoms. The van der Waals surface area contributed by atoms with Gasteiger partial charge in [0.15, 0.2) is 0 Å². The van der Waals surface area contributed by atoms with Crippen molar-refractivity contribution < 1.29 is 24.2 Å². The number of carbonyl (C=O) groups excluding carboxylic acids is 2. The Morgan fingerprint density at radius 3 is 2.43 bits per heavy atom. The molecule has 2 fully saturated rings. The molecule has 0 aromatic heterocycles. The van der Waals surface area contributed by atoms with E-state index >= 15 is 0 Å². The number of hydrogen-bond donors (Lipinski definition) is 1. The van der Waals surface area contributed by atoms with Crippen molar-refractivity contribution in [3.63, 3.8) is 0 Å². The Morgan fingerprint density at radius 2 is 1.80 bits per heavy atom. The highest BCUT2D eigenvalue weighted by Gasteiger charge is 2.46. The molecule has 2 heterocycles. The van der Waals surface area contributed by atoms with Gasteiger partial charge in [-0.25, -0.2) is 0 Å². The summed E-state index contributed by atoms with van der Waals surface area (Å²) in [4.78, 5) is 30.2. The molecule has 2 aliphatic rings. The number of aliphatic hydroxyl groups is 1. The standard InChI is InChI=1S/C27H31ClN2O5/c1-17(2)35-22-9-6-20(16-18(22)3)25(31)23-24(19-4-7-21(28)8-5-19)30(27(33)26(23)32)11-10-29-12-14-34-15-13-29/h4-9,16-17,24,31H,10-15H2,1-3H3/b25-23+/t24-/m0/s1. The predicted octanol–water partition coefficient (Wildman–Crippen LogP) is 4.19. The average molecular weight is 499 g/mol. The lowest BCUT2D eigenvalue weighted by Crippen LogP contribution is -2.42. The number of likely N-dealkylation sites (tertiary alicyclic amines) is 1. The van der Waals surface area contributed by atoms with Crippen molar-refractivity contribution in [3.05, 3.63) is 69.8 Å². The van der Waals surface area contributed by atoms with Gasteiger partial charge in [-0.2, -0.15) is 0 Å². The second-order valence-electron chi connectivity index (χ2n) is 9.14. The van der Waals surface area contributed by atoms with Crippen LogP contribution in [0.25, 0.3) is 5.76 Å². The number of benzene rings is 2. The van der Waals surface area contributed by atoms with Crippen molar-refractivity contribution in [3.8, 4) is 5.75 Å². The normalized spacial score (nSPS) is 20.6. The molecule has 2 aromatic carbocycles. The highest BCUT2D eigenvalue weighted by Crippen LogP contribution is 2.40. The van der Waals surface area contributed by atoms with E-state index in [2.05, 4.69) is 4.90 Å². The number of morpholine rings is 1. The Balaban J connectivity index is 1.72. The van der Waals surface area contributed by atoms with Gasteiger partial charge in [0.05, 0.1) is 30.9 Å². The van der Waals surface area contributed by atoms with E-state index in [4.69, 9.17) is 21.1 Å². The number of ketones is 1. The van der Waals surface area contributed by atoms with Crippen molar-refractivity contribution >= 4 is 29.1 Å². The van der Waals surface area contributed by atoms with Gasteiger partial charge in [0.2, 0.25) is 0 Å². The van der Waals surface area contributed by atoms with Crippen molar-refractivity contribution in [2.24, 2.45) is 0 Å². The zero-order valence-electron chi connectivity index (χ0n) is 20.3. The number of ether oxygens (including phenoxy) is 2. The van der Waals surface area contributed by atoms with Gasteiger partial charge in [-0.1, -0.05) is 23.7 Å². The smallest absolute Gasteiger partial charge is 0.295 e. The van der Waals surface area contributed by atoms with Crippen LogP contribution < -0.4 is 4.74 Å². The van der Waals surface area contributed by atoms with Gasteiger partial charge in [0.1, 0.15) is 11.5 Å². The van der Waals surface area contributed by atoms with Crippen LogP contribution in [0.15, 0.2) is 48.0 Å². The lowest BCUT2D eigenvalue weighted by molar-refractivity contribution is -0.140. The van der Waals surface area contributed by atoms with E-state index in [-0.39, 0.29) is 17.4 Å². The third-order valence-corrected chi connectivity index (χ3v) is 6.55. The minimum atomic E-state index is -0.708. The first-order chi connectivity index (χ1) is 16.8.